The van der Waals surface area contributed by atoms with E-state index in [1.165, 1.54) is 32.1 Å². The molecule has 0 spiro atoms. The molecule has 2 rings (SSSR count). The van der Waals surface area contributed by atoms with Crippen molar-refractivity contribution in [2.45, 2.75) is 45.4 Å². The van der Waals surface area contributed by atoms with E-state index in [9.17, 15) is 10.1 Å². The van der Waals surface area contributed by atoms with E-state index in [-0.39, 0.29) is 10.6 Å². The van der Waals surface area contributed by atoms with Crippen molar-refractivity contribution in [3.8, 4) is 0 Å². The van der Waals surface area contributed by atoms with E-state index in [4.69, 9.17) is 0 Å². The first kappa shape index (κ1) is 15.0. The van der Waals surface area contributed by atoms with E-state index in [0.29, 0.717) is 5.41 Å². The SMILES string of the molecule is CCC1(CNCCc2ccc([N+](=O)[O-])cc2)CCCC1. The Labute approximate surface area is 120 Å². The zero-order valence-electron chi connectivity index (χ0n) is 12.2. The molecule has 20 heavy (non-hydrogen) atoms. The van der Waals surface area contributed by atoms with Gasteiger partial charge in [0.2, 0.25) is 0 Å². The summed E-state index contributed by atoms with van der Waals surface area (Å²) in [6.45, 7) is 4.35. The molecule has 0 unspecified atom stereocenters. The highest BCUT2D eigenvalue weighted by molar-refractivity contribution is 5.32. The summed E-state index contributed by atoms with van der Waals surface area (Å²) >= 11 is 0. The molecule has 1 aromatic rings. The smallest absolute Gasteiger partial charge is 0.269 e. The Bertz CT molecular complexity index is 436. The molecule has 110 valence electrons. The van der Waals surface area contributed by atoms with Crippen molar-refractivity contribution in [2.24, 2.45) is 5.41 Å². The molecule has 1 N–H and O–H groups in total. The van der Waals surface area contributed by atoms with Gasteiger partial charge in [0.25, 0.3) is 5.69 Å². The predicted octanol–water partition coefficient (Wildman–Crippen LogP) is 3.70. The monoisotopic (exact) mass is 276 g/mol. The Kier molecular flexibility index (Phi) is 5.12. The maximum atomic E-state index is 10.6. The molecule has 0 bridgehead atoms. The average Bonchev–Trinajstić information content (AvgIpc) is 2.93. The molecule has 0 aliphatic heterocycles. The highest BCUT2D eigenvalue weighted by atomic mass is 16.6. The second-order valence-corrected chi connectivity index (χ2v) is 5.91. The van der Waals surface area contributed by atoms with E-state index in [1.807, 2.05) is 12.1 Å². The number of non-ortho nitro benzene ring substituents is 1. The maximum Gasteiger partial charge on any atom is 0.269 e. The van der Waals surface area contributed by atoms with Gasteiger partial charge in [-0.1, -0.05) is 31.9 Å². The van der Waals surface area contributed by atoms with E-state index in [2.05, 4.69) is 12.2 Å². The third kappa shape index (κ3) is 3.79. The van der Waals surface area contributed by atoms with Gasteiger partial charge in [-0.05, 0) is 43.2 Å². The van der Waals surface area contributed by atoms with Crippen LogP contribution in [0.15, 0.2) is 24.3 Å². The number of nitrogens with zero attached hydrogens (tertiary/aromatic N) is 1. The number of nitro benzene ring substituents is 1. The first-order valence-electron chi connectivity index (χ1n) is 7.59. The van der Waals surface area contributed by atoms with Crippen molar-refractivity contribution >= 4 is 5.69 Å². The van der Waals surface area contributed by atoms with Crippen molar-refractivity contribution in [1.82, 2.24) is 5.32 Å². The summed E-state index contributed by atoms with van der Waals surface area (Å²) < 4.78 is 0. The highest BCUT2D eigenvalue weighted by Crippen LogP contribution is 2.40. The van der Waals surface area contributed by atoms with Gasteiger partial charge in [0, 0.05) is 18.7 Å². The second-order valence-electron chi connectivity index (χ2n) is 5.91. The van der Waals surface area contributed by atoms with Crippen LogP contribution in [0.1, 0.15) is 44.6 Å². The fraction of sp³-hybridized carbons (Fsp3) is 0.625. The molecular weight excluding hydrogens is 252 g/mol. The Morgan fingerprint density at radius 1 is 1.25 bits per heavy atom. The van der Waals surface area contributed by atoms with Crippen LogP contribution in [0.2, 0.25) is 0 Å². The van der Waals surface area contributed by atoms with Gasteiger partial charge in [-0.15, -0.1) is 0 Å². The van der Waals surface area contributed by atoms with Crippen LogP contribution in [-0.2, 0) is 6.42 Å². The summed E-state index contributed by atoms with van der Waals surface area (Å²) in [5.74, 6) is 0. The fourth-order valence-electron chi connectivity index (χ4n) is 3.15. The Morgan fingerprint density at radius 2 is 1.90 bits per heavy atom. The van der Waals surface area contributed by atoms with Crippen LogP contribution >= 0.6 is 0 Å². The molecule has 0 amide bonds. The van der Waals surface area contributed by atoms with Gasteiger partial charge in [0.15, 0.2) is 0 Å². The van der Waals surface area contributed by atoms with E-state index in [0.717, 1.165) is 25.1 Å². The average molecular weight is 276 g/mol. The standard InChI is InChI=1S/C16H24N2O2/c1-2-16(10-3-4-11-16)13-17-12-9-14-5-7-15(8-6-14)18(19)20/h5-8,17H,2-4,9-13H2,1H3. The van der Waals surface area contributed by atoms with Gasteiger partial charge in [-0.25, -0.2) is 0 Å². The number of benzene rings is 1. The van der Waals surface area contributed by atoms with E-state index >= 15 is 0 Å². The molecular formula is C16H24N2O2. The van der Waals surface area contributed by atoms with Crippen LogP contribution in [0.3, 0.4) is 0 Å². The topological polar surface area (TPSA) is 55.2 Å². The lowest BCUT2D eigenvalue weighted by Gasteiger charge is -2.27. The Balaban J connectivity index is 1.74. The first-order chi connectivity index (χ1) is 9.65. The third-order valence-electron chi connectivity index (χ3n) is 4.65. The van der Waals surface area contributed by atoms with E-state index < -0.39 is 0 Å². The molecule has 4 heteroatoms. The minimum Gasteiger partial charge on any atom is -0.316 e. The molecule has 0 aromatic heterocycles. The molecule has 1 aromatic carbocycles. The minimum absolute atomic E-state index is 0.164. The lowest BCUT2D eigenvalue weighted by Crippen LogP contribution is -2.32. The lowest BCUT2D eigenvalue weighted by atomic mass is 9.83. The van der Waals surface area contributed by atoms with E-state index in [1.54, 1.807) is 12.1 Å². The van der Waals surface area contributed by atoms with Gasteiger partial charge >= 0.3 is 0 Å². The summed E-state index contributed by atoms with van der Waals surface area (Å²) in [5, 5.41) is 14.2. The van der Waals surface area contributed by atoms with Crippen LogP contribution in [0, 0.1) is 15.5 Å². The first-order valence-corrected chi connectivity index (χ1v) is 7.59. The molecule has 0 radical (unpaired) electrons. The molecule has 1 saturated carbocycles. The summed E-state index contributed by atoms with van der Waals surface area (Å²) in [7, 11) is 0. The summed E-state index contributed by atoms with van der Waals surface area (Å²) in [4.78, 5) is 10.2. The summed E-state index contributed by atoms with van der Waals surface area (Å²) in [5.41, 5.74) is 1.84. The molecule has 0 heterocycles. The summed E-state index contributed by atoms with van der Waals surface area (Å²) in [6.07, 6.45) is 7.65. The molecule has 1 aliphatic rings. The molecule has 1 fully saturated rings. The fourth-order valence-corrected chi connectivity index (χ4v) is 3.15. The minimum atomic E-state index is -0.354. The van der Waals surface area contributed by atoms with Gasteiger partial charge in [0.05, 0.1) is 4.92 Å². The van der Waals surface area contributed by atoms with Gasteiger partial charge < -0.3 is 5.32 Å². The third-order valence-corrected chi connectivity index (χ3v) is 4.65. The summed E-state index contributed by atoms with van der Waals surface area (Å²) in [6, 6.07) is 6.87. The van der Waals surface area contributed by atoms with Crippen LogP contribution < -0.4 is 5.32 Å². The Hall–Kier alpha value is -1.42. The molecule has 4 nitrogen and oxygen atoms in total. The predicted molar refractivity (Wildman–Crippen MR) is 80.9 cm³/mol. The zero-order chi connectivity index (χ0) is 14.4. The number of rotatable bonds is 7. The number of nitro groups is 1. The van der Waals surface area contributed by atoms with Crippen molar-refractivity contribution in [3.05, 3.63) is 39.9 Å². The number of hydrogen-bond donors (Lipinski definition) is 1. The van der Waals surface area contributed by atoms with Crippen molar-refractivity contribution in [3.63, 3.8) is 0 Å². The zero-order valence-corrected chi connectivity index (χ0v) is 12.2. The van der Waals surface area contributed by atoms with Crippen molar-refractivity contribution in [2.75, 3.05) is 13.1 Å². The van der Waals surface area contributed by atoms with Gasteiger partial charge in [-0.3, -0.25) is 10.1 Å². The molecule has 0 atom stereocenters. The lowest BCUT2D eigenvalue weighted by molar-refractivity contribution is -0.384. The number of hydrogen-bond acceptors (Lipinski definition) is 3. The van der Waals surface area contributed by atoms with Crippen LogP contribution in [0.4, 0.5) is 5.69 Å². The van der Waals surface area contributed by atoms with Crippen LogP contribution in [-0.4, -0.2) is 18.0 Å². The second kappa shape index (κ2) is 6.84. The highest BCUT2D eigenvalue weighted by Gasteiger charge is 2.31. The van der Waals surface area contributed by atoms with Crippen molar-refractivity contribution < 1.29 is 4.92 Å². The van der Waals surface area contributed by atoms with Gasteiger partial charge in [-0.2, -0.15) is 0 Å². The van der Waals surface area contributed by atoms with Crippen LogP contribution in [0.5, 0.6) is 0 Å². The van der Waals surface area contributed by atoms with Crippen molar-refractivity contribution in [1.29, 1.82) is 0 Å². The molecule has 1 aliphatic carbocycles. The molecule has 0 saturated heterocycles. The number of nitrogens with one attached hydrogen (secondary N) is 1. The normalized spacial score (nSPS) is 17.2. The largest absolute Gasteiger partial charge is 0.316 e. The maximum absolute atomic E-state index is 10.6. The van der Waals surface area contributed by atoms with Gasteiger partial charge in [0.1, 0.15) is 0 Å². The van der Waals surface area contributed by atoms with Crippen LogP contribution in [0.25, 0.3) is 0 Å². The Morgan fingerprint density at radius 3 is 2.45 bits per heavy atom. The quantitative estimate of drug-likeness (QED) is 0.469.